The third-order valence-electron chi connectivity index (χ3n) is 4.01. The molecule has 0 fully saturated rings. The number of carbonyl (C=O) groups is 1. The Balaban J connectivity index is 1.75. The Hall–Kier alpha value is -2.20. The highest BCUT2D eigenvalue weighted by molar-refractivity contribution is 5.74. The third-order valence-corrected chi connectivity index (χ3v) is 4.01. The van der Waals surface area contributed by atoms with Crippen molar-refractivity contribution < 1.29 is 9.90 Å². The van der Waals surface area contributed by atoms with Crippen LogP contribution < -0.4 is 0 Å². The molecule has 108 valence electrons. The van der Waals surface area contributed by atoms with Crippen LogP contribution in [0.5, 0.6) is 0 Å². The van der Waals surface area contributed by atoms with Crippen LogP contribution >= 0.6 is 0 Å². The minimum atomic E-state index is -0.745. The second kappa shape index (κ2) is 6.06. The summed E-state index contributed by atoms with van der Waals surface area (Å²) >= 11 is 0. The standard InChI is InChI=1S/C17H18N2O2/c20-17(21)16-11-13-5-1-2-6-14(13)12-19(16)10-8-15-7-3-4-9-18-15/h1-7,9,16H,8,10-12H2,(H,20,21)/t16-/m0/s1. The Morgan fingerprint density at radius 3 is 2.67 bits per heavy atom. The SMILES string of the molecule is O=C(O)[C@@H]1Cc2ccccc2CN1CCc1ccccn1. The van der Waals surface area contributed by atoms with Crippen LogP contribution in [-0.4, -0.2) is 33.5 Å². The maximum absolute atomic E-state index is 11.5. The van der Waals surface area contributed by atoms with Gasteiger partial charge in [-0.3, -0.25) is 14.7 Å². The number of hydrogen-bond donors (Lipinski definition) is 1. The van der Waals surface area contributed by atoms with Gasteiger partial charge in [0.05, 0.1) is 0 Å². The Morgan fingerprint density at radius 2 is 1.95 bits per heavy atom. The van der Waals surface area contributed by atoms with E-state index >= 15 is 0 Å². The zero-order chi connectivity index (χ0) is 14.7. The molecule has 1 aliphatic rings. The van der Waals surface area contributed by atoms with Crippen LogP contribution in [0.2, 0.25) is 0 Å². The lowest BCUT2D eigenvalue weighted by Crippen LogP contribution is -2.46. The topological polar surface area (TPSA) is 53.4 Å². The summed E-state index contributed by atoms with van der Waals surface area (Å²) in [6, 6.07) is 13.5. The molecule has 1 aromatic heterocycles. The number of fused-ring (bicyclic) bond motifs is 1. The number of carboxylic acids is 1. The van der Waals surface area contributed by atoms with Gasteiger partial charge in [0.1, 0.15) is 6.04 Å². The van der Waals surface area contributed by atoms with E-state index in [0.717, 1.165) is 17.7 Å². The number of benzene rings is 1. The maximum atomic E-state index is 11.5. The van der Waals surface area contributed by atoms with Gasteiger partial charge in [0, 0.05) is 31.4 Å². The lowest BCUT2D eigenvalue weighted by Gasteiger charge is -2.34. The quantitative estimate of drug-likeness (QED) is 0.933. The number of carboxylic acid groups (broad SMARTS) is 1. The second-order valence-electron chi connectivity index (χ2n) is 5.37. The number of aromatic nitrogens is 1. The normalized spacial score (nSPS) is 18.2. The first kappa shape index (κ1) is 13.8. The first-order valence-electron chi connectivity index (χ1n) is 7.17. The van der Waals surface area contributed by atoms with Crippen molar-refractivity contribution in [3.63, 3.8) is 0 Å². The van der Waals surface area contributed by atoms with E-state index in [2.05, 4.69) is 11.1 Å². The van der Waals surface area contributed by atoms with Gasteiger partial charge in [0.25, 0.3) is 0 Å². The van der Waals surface area contributed by atoms with Gasteiger partial charge in [-0.15, -0.1) is 0 Å². The fourth-order valence-corrected chi connectivity index (χ4v) is 2.86. The third kappa shape index (κ3) is 3.11. The van der Waals surface area contributed by atoms with Crippen molar-refractivity contribution in [2.45, 2.75) is 25.4 Å². The molecule has 1 N–H and O–H groups in total. The lowest BCUT2D eigenvalue weighted by molar-refractivity contribution is -0.143. The van der Waals surface area contributed by atoms with Gasteiger partial charge in [-0.05, 0) is 29.7 Å². The summed E-state index contributed by atoms with van der Waals surface area (Å²) in [7, 11) is 0. The van der Waals surface area contributed by atoms with Crippen molar-refractivity contribution in [1.82, 2.24) is 9.88 Å². The van der Waals surface area contributed by atoms with Gasteiger partial charge in [-0.25, -0.2) is 0 Å². The van der Waals surface area contributed by atoms with Crippen molar-refractivity contribution >= 4 is 5.97 Å². The van der Waals surface area contributed by atoms with E-state index in [0.29, 0.717) is 19.5 Å². The fourth-order valence-electron chi connectivity index (χ4n) is 2.86. The predicted octanol–water partition coefficient (Wildman–Crippen LogP) is 2.14. The molecule has 4 heteroatoms. The highest BCUT2D eigenvalue weighted by Crippen LogP contribution is 2.23. The van der Waals surface area contributed by atoms with Crippen LogP contribution in [0, 0.1) is 0 Å². The van der Waals surface area contributed by atoms with Crippen LogP contribution in [0.25, 0.3) is 0 Å². The molecule has 0 spiro atoms. The molecule has 0 radical (unpaired) electrons. The van der Waals surface area contributed by atoms with Gasteiger partial charge in [0.2, 0.25) is 0 Å². The van der Waals surface area contributed by atoms with Gasteiger partial charge < -0.3 is 5.11 Å². The zero-order valence-electron chi connectivity index (χ0n) is 11.8. The summed E-state index contributed by atoms with van der Waals surface area (Å²) in [4.78, 5) is 17.9. The summed E-state index contributed by atoms with van der Waals surface area (Å²) in [6.07, 6.45) is 3.12. The first-order valence-corrected chi connectivity index (χ1v) is 7.17. The highest BCUT2D eigenvalue weighted by Gasteiger charge is 2.30. The number of rotatable bonds is 4. The number of aliphatic carboxylic acids is 1. The first-order chi connectivity index (χ1) is 10.2. The average Bonchev–Trinajstić information content (AvgIpc) is 2.53. The molecule has 0 saturated heterocycles. The zero-order valence-corrected chi connectivity index (χ0v) is 11.8. The molecule has 1 aromatic carbocycles. The predicted molar refractivity (Wildman–Crippen MR) is 79.9 cm³/mol. The molecule has 1 aliphatic heterocycles. The Labute approximate surface area is 124 Å². The van der Waals surface area contributed by atoms with E-state index < -0.39 is 12.0 Å². The summed E-state index contributed by atoms with van der Waals surface area (Å²) < 4.78 is 0. The van der Waals surface area contributed by atoms with Gasteiger partial charge >= 0.3 is 5.97 Å². The molecule has 0 unspecified atom stereocenters. The van der Waals surface area contributed by atoms with E-state index in [-0.39, 0.29) is 0 Å². The molecule has 0 amide bonds. The molecule has 2 aromatic rings. The van der Waals surface area contributed by atoms with Crippen LogP contribution in [0.15, 0.2) is 48.7 Å². The Morgan fingerprint density at radius 1 is 1.19 bits per heavy atom. The number of nitrogens with zero attached hydrogens (tertiary/aromatic N) is 2. The van der Waals surface area contributed by atoms with Crippen molar-refractivity contribution in [3.05, 3.63) is 65.5 Å². The summed E-state index contributed by atoms with van der Waals surface area (Å²) in [6.45, 7) is 1.41. The maximum Gasteiger partial charge on any atom is 0.321 e. The molecule has 1 atom stereocenters. The molecule has 4 nitrogen and oxygen atoms in total. The molecule has 3 rings (SSSR count). The molecule has 21 heavy (non-hydrogen) atoms. The van der Waals surface area contributed by atoms with E-state index in [1.807, 2.05) is 41.3 Å². The van der Waals surface area contributed by atoms with Crippen molar-refractivity contribution in [3.8, 4) is 0 Å². The van der Waals surface area contributed by atoms with Gasteiger partial charge in [-0.2, -0.15) is 0 Å². The Bertz CT molecular complexity index is 628. The van der Waals surface area contributed by atoms with Crippen LogP contribution in [0.3, 0.4) is 0 Å². The molecule has 0 bridgehead atoms. The van der Waals surface area contributed by atoms with Crippen molar-refractivity contribution in [2.75, 3.05) is 6.54 Å². The summed E-state index contributed by atoms with van der Waals surface area (Å²) in [5, 5.41) is 9.47. The van der Waals surface area contributed by atoms with Crippen LogP contribution in [0.4, 0.5) is 0 Å². The smallest absolute Gasteiger partial charge is 0.321 e. The largest absolute Gasteiger partial charge is 0.480 e. The minimum absolute atomic E-state index is 0.441. The van der Waals surface area contributed by atoms with Crippen LogP contribution in [-0.2, 0) is 24.2 Å². The number of pyridine rings is 1. The molecular weight excluding hydrogens is 264 g/mol. The van der Waals surface area contributed by atoms with E-state index in [1.54, 1.807) is 6.20 Å². The van der Waals surface area contributed by atoms with Gasteiger partial charge in [0.15, 0.2) is 0 Å². The van der Waals surface area contributed by atoms with E-state index in [1.165, 1.54) is 5.56 Å². The van der Waals surface area contributed by atoms with Crippen molar-refractivity contribution in [1.29, 1.82) is 0 Å². The second-order valence-corrected chi connectivity index (χ2v) is 5.37. The number of hydrogen-bond acceptors (Lipinski definition) is 3. The lowest BCUT2D eigenvalue weighted by atomic mass is 9.94. The highest BCUT2D eigenvalue weighted by atomic mass is 16.4. The molecular formula is C17H18N2O2. The monoisotopic (exact) mass is 282 g/mol. The average molecular weight is 282 g/mol. The van der Waals surface area contributed by atoms with Crippen molar-refractivity contribution in [2.24, 2.45) is 0 Å². The minimum Gasteiger partial charge on any atom is -0.480 e. The Kier molecular flexibility index (Phi) is 3.97. The fraction of sp³-hybridized carbons (Fsp3) is 0.294. The molecule has 0 aliphatic carbocycles. The molecule has 0 saturated carbocycles. The molecule has 2 heterocycles. The summed E-state index contributed by atoms with van der Waals surface area (Å²) in [5.41, 5.74) is 3.38. The van der Waals surface area contributed by atoms with Crippen LogP contribution in [0.1, 0.15) is 16.8 Å². The van der Waals surface area contributed by atoms with Gasteiger partial charge in [-0.1, -0.05) is 30.3 Å². The van der Waals surface area contributed by atoms with E-state index in [4.69, 9.17) is 0 Å². The van der Waals surface area contributed by atoms with E-state index in [9.17, 15) is 9.90 Å². The summed E-state index contributed by atoms with van der Waals surface area (Å²) in [5.74, 6) is -0.745.